The minimum Gasteiger partial charge on any atom is -0.391 e. The number of fused-ring (bicyclic) bond motifs is 1. The number of halogens is 2. The zero-order chi connectivity index (χ0) is 20.8. The molecule has 4 heterocycles. The van der Waals surface area contributed by atoms with Gasteiger partial charge < -0.3 is 15.3 Å². The van der Waals surface area contributed by atoms with Crippen LogP contribution in [0.25, 0.3) is 22.4 Å². The van der Waals surface area contributed by atoms with Crippen LogP contribution >= 0.6 is 11.6 Å². The average Bonchev–Trinajstić information content (AvgIpc) is 3.11. The van der Waals surface area contributed by atoms with Gasteiger partial charge in [-0.25, -0.2) is 14.4 Å². The summed E-state index contributed by atoms with van der Waals surface area (Å²) in [7, 11) is 0. The molecule has 0 aromatic carbocycles. The number of aromatic amines is 1. The standard InChI is InChI=1S/C20H24ClFN6O.3H2/c1-20(2,3)17(29)14-10-28(8-7-23-14)19-12(21)9-13(22)16(25-19)15-11-5-4-6-24-18(11)27-26-15;;;/h4-6,9,14,17,23,29H,7-8,10H2,1-3H3,(H,24,26,27);3*1H. The predicted molar refractivity (Wildman–Crippen MR) is 118 cm³/mol. The maximum absolute atomic E-state index is 14.8. The van der Waals surface area contributed by atoms with E-state index in [2.05, 4.69) is 25.5 Å². The Morgan fingerprint density at radius 3 is 2.97 bits per heavy atom. The first-order valence-corrected chi connectivity index (χ1v) is 9.95. The molecule has 7 nitrogen and oxygen atoms in total. The molecule has 3 N–H and O–H groups in total. The number of pyridine rings is 2. The summed E-state index contributed by atoms with van der Waals surface area (Å²) in [5.74, 6) is -0.0446. The average molecular weight is 425 g/mol. The zero-order valence-corrected chi connectivity index (χ0v) is 17.3. The first-order valence-electron chi connectivity index (χ1n) is 9.57. The molecule has 0 amide bonds. The molecule has 1 fully saturated rings. The van der Waals surface area contributed by atoms with Gasteiger partial charge in [0, 0.05) is 35.5 Å². The van der Waals surface area contributed by atoms with Crippen molar-refractivity contribution in [1.29, 1.82) is 0 Å². The van der Waals surface area contributed by atoms with E-state index < -0.39 is 11.9 Å². The smallest absolute Gasteiger partial charge is 0.181 e. The minimum atomic E-state index is -0.549. The van der Waals surface area contributed by atoms with Gasteiger partial charge in [-0.05, 0) is 23.6 Å². The summed E-state index contributed by atoms with van der Waals surface area (Å²) >= 11 is 6.37. The van der Waals surface area contributed by atoms with Crippen LogP contribution in [0.2, 0.25) is 5.02 Å². The lowest BCUT2D eigenvalue weighted by molar-refractivity contribution is 0.0278. The van der Waals surface area contributed by atoms with Crippen molar-refractivity contribution in [3.63, 3.8) is 0 Å². The monoisotopic (exact) mass is 424 g/mol. The number of aliphatic hydroxyl groups is 1. The molecular formula is C20H30ClFN6O. The van der Waals surface area contributed by atoms with E-state index in [9.17, 15) is 9.50 Å². The van der Waals surface area contributed by atoms with Gasteiger partial charge in [-0.3, -0.25) is 5.10 Å². The van der Waals surface area contributed by atoms with E-state index in [0.717, 1.165) is 0 Å². The van der Waals surface area contributed by atoms with Crippen molar-refractivity contribution in [2.24, 2.45) is 5.41 Å². The molecule has 1 saturated heterocycles. The molecule has 0 spiro atoms. The maximum Gasteiger partial charge on any atom is 0.181 e. The molecule has 0 radical (unpaired) electrons. The lowest BCUT2D eigenvalue weighted by atomic mass is 9.84. The van der Waals surface area contributed by atoms with Crippen LogP contribution in [0.3, 0.4) is 0 Å². The second kappa shape index (κ2) is 7.51. The summed E-state index contributed by atoms with van der Waals surface area (Å²) in [6, 6.07) is 4.72. The van der Waals surface area contributed by atoms with E-state index in [1.165, 1.54) is 6.07 Å². The van der Waals surface area contributed by atoms with Crippen LogP contribution in [0.5, 0.6) is 0 Å². The van der Waals surface area contributed by atoms with Crippen LogP contribution in [0.1, 0.15) is 25.1 Å². The fraction of sp³-hybridized carbons (Fsp3) is 0.450. The number of rotatable bonds is 3. The SMILES string of the molecule is CC(C)(C)C(O)C1CN(c2nc(-c3[nH]nc4ncccc34)c(F)cc2Cl)CCN1.[HH].[HH].[HH]. The quantitative estimate of drug-likeness (QED) is 0.593. The summed E-state index contributed by atoms with van der Waals surface area (Å²) < 4.78 is 14.8. The fourth-order valence-corrected chi connectivity index (χ4v) is 3.93. The third kappa shape index (κ3) is 3.80. The highest BCUT2D eigenvalue weighted by molar-refractivity contribution is 6.33. The van der Waals surface area contributed by atoms with Crippen molar-refractivity contribution in [1.82, 2.24) is 25.5 Å². The van der Waals surface area contributed by atoms with Crippen molar-refractivity contribution in [3.05, 3.63) is 35.2 Å². The second-order valence-corrected chi connectivity index (χ2v) is 8.82. The number of nitrogens with zero attached hydrogens (tertiary/aromatic N) is 4. The molecule has 0 saturated carbocycles. The minimum absolute atomic E-state index is 0. The van der Waals surface area contributed by atoms with Crippen LogP contribution in [-0.2, 0) is 0 Å². The van der Waals surface area contributed by atoms with Crippen molar-refractivity contribution >= 4 is 28.5 Å². The predicted octanol–water partition coefficient (Wildman–Crippen LogP) is 3.74. The van der Waals surface area contributed by atoms with Crippen molar-refractivity contribution in [3.8, 4) is 11.4 Å². The maximum atomic E-state index is 14.8. The summed E-state index contributed by atoms with van der Waals surface area (Å²) in [6.07, 6.45) is 1.08. The fourth-order valence-electron chi connectivity index (χ4n) is 3.67. The number of hydrogen-bond donors (Lipinski definition) is 3. The Hall–Kier alpha value is -2.29. The van der Waals surface area contributed by atoms with Gasteiger partial charge in [-0.2, -0.15) is 5.10 Å². The number of aliphatic hydroxyl groups excluding tert-OH is 1. The van der Waals surface area contributed by atoms with E-state index in [0.29, 0.717) is 42.2 Å². The van der Waals surface area contributed by atoms with E-state index in [1.54, 1.807) is 12.3 Å². The van der Waals surface area contributed by atoms with E-state index in [1.807, 2.05) is 31.7 Å². The van der Waals surface area contributed by atoms with Gasteiger partial charge in [0.2, 0.25) is 0 Å². The van der Waals surface area contributed by atoms with Gasteiger partial charge in [0.1, 0.15) is 11.5 Å². The Morgan fingerprint density at radius 1 is 1.41 bits per heavy atom. The Labute approximate surface area is 177 Å². The summed E-state index contributed by atoms with van der Waals surface area (Å²) in [5.41, 5.74) is 0.834. The zero-order valence-electron chi connectivity index (χ0n) is 16.6. The van der Waals surface area contributed by atoms with Crippen LogP contribution in [0.4, 0.5) is 10.2 Å². The molecule has 2 atom stereocenters. The third-order valence-corrected chi connectivity index (χ3v) is 5.53. The van der Waals surface area contributed by atoms with Gasteiger partial charge in [0.05, 0.1) is 22.9 Å². The van der Waals surface area contributed by atoms with Gasteiger partial charge in [-0.1, -0.05) is 32.4 Å². The van der Waals surface area contributed by atoms with Crippen molar-refractivity contribution < 1.29 is 13.8 Å². The summed E-state index contributed by atoms with van der Waals surface area (Å²) in [6.45, 7) is 7.82. The molecule has 29 heavy (non-hydrogen) atoms. The van der Waals surface area contributed by atoms with Gasteiger partial charge in [0.15, 0.2) is 11.5 Å². The molecule has 4 rings (SSSR count). The summed E-state index contributed by atoms with van der Waals surface area (Å²) in [5, 5.41) is 21.9. The number of aromatic nitrogens is 4. The second-order valence-electron chi connectivity index (χ2n) is 8.41. The normalized spacial score (nSPS) is 19.0. The number of nitrogens with one attached hydrogen (secondary N) is 2. The Morgan fingerprint density at radius 2 is 2.21 bits per heavy atom. The molecule has 1 aliphatic heterocycles. The van der Waals surface area contributed by atoms with Crippen LogP contribution in [-0.4, -0.2) is 57.1 Å². The highest BCUT2D eigenvalue weighted by atomic mass is 35.5. The molecule has 1 aliphatic rings. The molecule has 3 aromatic rings. The van der Waals surface area contributed by atoms with E-state index in [4.69, 9.17) is 11.6 Å². The highest BCUT2D eigenvalue weighted by Crippen LogP contribution is 2.33. The largest absolute Gasteiger partial charge is 0.391 e. The number of hydrogen-bond acceptors (Lipinski definition) is 6. The first kappa shape index (κ1) is 20.0. The van der Waals surface area contributed by atoms with Gasteiger partial charge in [0.25, 0.3) is 0 Å². The molecular weight excluding hydrogens is 395 g/mol. The van der Waals surface area contributed by atoms with E-state index in [-0.39, 0.29) is 26.5 Å². The van der Waals surface area contributed by atoms with E-state index >= 15 is 0 Å². The van der Waals surface area contributed by atoms with Gasteiger partial charge in [-0.15, -0.1) is 0 Å². The molecule has 0 bridgehead atoms. The third-order valence-electron chi connectivity index (χ3n) is 5.25. The molecule has 2 unspecified atom stereocenters. The van der Waals surface area contributed by atoms with Crippen molar-refractivity contribution in [2.45, 2.75) is 32.9 Å². The Balaban J connectivity index is 0.00000171. The van der Waals surface area contributed by atoms with Crippen LogP contribution in [0.15, 0.2) is 24.4 Å². The Bertz CT molecular complexity index is 1050. The van der Waals surface area contributed by atoms with Crippen LogP contribution in [0, 0.1) is 11.2 Å². The molecule has 160 valence electrons. The highest BCUT2D eigenvalue weighted by Gasteiger charge is 2.34. The number of H-pyrrole nitrogens is 1. The topological polar surface area (TPSA) is 90.0 Å². The first-order chi connectivity index (χ1) is 13.8. The molecule has 9 heteroatoms. The number of anilines is 1. The van der Waals surface area contributed by atoms with Gasteiger partial charge >= 0.3 is 0 Å². The molecule has 3 aromatic heterocycles. The number of piperazine rings is 1. The van der Waals surface area contributed by atoms with Crippen LogP contribution < -0.4 is 10.2 Å². The lowest BCUT2D eigenvalue weighted by Gasteiger charge is -2.41. The summed E-state index contributed by atoms with van der Waals surface area (Å²) in [4.78, 5) is 10.7. The van der Waals surface area contributed by atoms with Crippen molar-refractivity contribution in [2.75, 3.05) is 24.5 Å². The lowest BCUT2D eigenvalue weighted by Crippen LogP contribution is -2.58. The molecule has 0 aliphatic carbocycles. The Kier molecular flexibility index (Phi) is 5.18.